The molecular weight excluding hydrogens is 350 g/mol. The van der Waals surface area contributed by atoms with Gasteiger partial charge in [-0.2, -0.15) is 0 Å². The summed E-state index contributed by atoms with van der Waals surface area (Å²) in [6.45, 7) is 18.7. The van der Waals surface area contributed by atoms with Gasteiger partial charge in [0.15, 0.2) is 5.96 Å². The summed E-state index contributed by atoms with van der Waals surface area (Å²) in [7, 11) is 0. The molecule has 2 aliphatic rings. The van der Waals surface area contributed by atoms with Gasteiger partial charge in [0, 0.05) is 37.6 Å². The first-order chi connectivity index (χ1) is 13.3. The summed E-state index contributed by atoms with van der Waals surface area (Å²) in [5.41, 5.74) is 0. The largest absolute Gasteiger partial charge is 0.357 e. The van der Waals surface area contributed by atoms with E-state index in [1.54, 1.807) is 0 Å². The molecule has 162 valence electrons. The minimum atomic E-state index is 0.0692. The standard InChI is InChI=1S/C22H43N5O/c1-7-23-22(25-19-10-13-27(15-19)21(28)17(4)5)24-14-20(16(2)3)26-11-8-18(6)9-12-26/h16-20H,7-15H2,1-6H3,(H2,23,24,25). The van der Waals surface area contributed by atoms with Crippen LogP contribution in [-0.2, 0) is 4.79 Å². The zero-order valence-corrected chi connectivity index (χ0v) is 19.0. The predicted molar refractivity (Wildman–Crippen MR) is 118 cm³/mol. The molecule has 0 spiro atoms. The molecule has 2 aliphatic heterocycles. The first kappa shape index (κ1) is 23.0. The second-order valence-corrected chi connectivity index (χ2v) is 9.32. The molecule has 1 amide bonds. The number of rotatable bonds is 7. The van der Waals surface area contributed by atoms with E-state index in [0.717, 1.165) is 44.5 Å². The van der Waals surface area contributed by atoms with Crippen LogP contribution in [0, 0.1) is 17.8 Å². The second-order valence-electron chi connectivity index (χ2n) is 9.32. The molecule has 0 aromatic heterocycles. The fraction of sp³-hybridized carbons (Fsp3) is 0.909. The van der Waals surface area contributed by atoms with E-state index in [9.17, 15) is 4.79 Å². The van der Waals surface area contributed by atoms with Crippen LogP contribution in [0.15, 0.2) is 4.99 Å². The van der Waals surface area contributed by atoms with Crippen molar-refractivity contribution >= 4 is 11.9 Å². The van der Waals surface area contributed by atoms with E-state index in [0.29, 0.717) is 12.0 Å². The van der Waals surface area contributed by atoms with Crippen molar-refractivity contribution in [1.29, 1.82) is 0 Å². The van der Waals surface area contributed by atoms with Gasteiger partial charge >= 0.3 is 0 Å². The first-order valence-corrected chi connectivity index (χ1v) is 11.4. The quantitative estimate of drug-likeness (QED) is 0.515. The van der Waals surface area contributed by atoms with Crippen molar-refractivity contribution in [3.8, 4) is 0 Å². The van der Waals surface area contributed by atoms with Gasteiger partial charge in [-0.25, -0.2) is 0 Å². The van der Waals surface area contributed by atoms with Gasteiger partial charge in [-0.1, -0.05) is 34.6 Å². The molecule has 2 N–H and O–H groups in total. The zero-order chi connectivity index (χ0) is 20.7. The van der Waals surface area contributed by atoms with Gasteiger partial charge in [-0.3, -0.25) is 14.7 Å². The number of piperidine rings is 1. The molecule has 0 saturated carbocycles. The SMILES string of the molecule is CCNC(=NCC(C(C)C)N1CCC(C)CC1)NC1CCN(C(=O)C(C)C)C1. The number of carbonyl (C=O) groups excluding carboxylic acids is 1. The Bertz CT molecular complexity index is 511. The van der Waals surface area contributed by atoms with E-state index in [1.807, 2.05) is 18.7 Å². The second kappa shape index (κ2) is 11.0. The summed E-state index contributed by atoms with van der Waals surface area (Å²) < 4.78 is 0. The van der Waals surface area contributed by atoms with E-state index in [1.165, 1.54) is 25.9 Å². The molecule has 2 saturated heterocycles. The average Bonchev–Trinajstić information content (AvgIpc) is 3.10. The van der Waals surface area contributed by atoms with Crippen LogP contribution in [0.4, 0.5) is 0 Å². The number of likely N-dealkylation sites (tertiary alicyclic amines) is 2. The van der Waals surface area contributed by atoms with Crippen LogP contribution in [0.3, 0.4) is 0 Å². The Morgan fingerprint density at radius 1 is 1.11 bits per heavy atom. The van der Waals surface area contributed by atoms with Crippen molar-refractivity contribution in [2.24, 2.45) is 22.7 Å². The first-order valence-electron chi connectivity index (χ1n) is 11.4. The fourth-order valence-electron chi connectivity index (χ4n) is 4.25. The Morgan fingerprint density at radius 3 is 2.36 bits per heavy atom. The molecule has 0 aliphatic carbocycles. The van der Waals surface area contributed by atoms with Crippen molar-refractivity contribution in [3.63, 3.8) is 0 Å². The molecule has 0 bridgehead atoms. The molecular formula is C22H43N5O. The number of hydrogen-bond acceptors (Lipinski definition) is 3. The normalized spacial score (nSPS) is 23.5. The maximum atomic E-state index is 12.2. The zero-order valence-electron chi connectivity index (χ0n) is 19.0. The third-order valence-corrected chi connectivity index (χ3v) is 6.17. The Balaban J connectivity index is 1.94. The summed E-state index contributed by atoms with van der Waals surface area (Å²) in [5.74, 6) is 2.66. The highest BCUT2D eigenvalue weighted by atomic mass is 16.2. The van der Waals surface area contributed by atoms with Crippen LogP contribution in [0.5, 0.6) is 0 Å². The molecule has 0 radical (unpaired) electrons. The van der Waals surface area contributed by atoms with E-state index in [-0.39, 0.29) is 17.9 Å². The highest BCUT2D eigenvalue weighted by Crippen LogP contribution is 2.21. The monoisotopic (exact) mass is 393 g/mol. The Kier molecular flexibility index (Phi) is 9.06. The van der Waals surface area contributed by atoms with Gasteiger partial charge in [0.05, 0.1) is 6.54 Å². The Hall–Kier alpha value is -1.30. The van der Waals surface area contributed by atoms with Crippen LogP contribution < -0.4 is 10.6 Å². The lowest BCUT2D eigenvalue weighted by Crippen LogP contribution is -2.48. The molecule has 2 heterocycles. The van der Waals surface area contributed by atoms with Crippen LogP contribution >= 0.6 is 0 Å². The maximum absolute atomic E-state index is 12.2. The molecule has 0 aromatic carbocycles. The van der Waals surface area contributed by atoms with Crippen molar-refractivity contribution < 1.29 is 4.79 Å². The molecule has 6 nitrogen and oxygen atoms in total. The lowest BCUT2D eigenvalue weighted by atomic mass is 9.94. The van der Waals surface area contributed by atoms with E-state index in [4.69, 9.17) is 4.99 Å². The van der Waals surface area contributed by atoms with Crippen LogP contribution in [0.25, 0.3) is 0 Å². The molecule has 6 heteroatoms. The molecule has 2 rings (SSSR count). The Morgan fingerprint density at radius 2 is 1.79 bits per heavy atom. The van der Waals surface area contributed by atoms with Crippen molar-refractivity contribution in [1.82, 2.24) is 20.4 Å². The smallest absolute Gasteiger partial charge is 0.225 e. The number of amides is 1. The Labute approximate surface area is 172 Å². The summed E-state index contributed by atoms with van der Waals surface area (Å²) in [4.78, 5) is 21.8. The lowest BCUT2D eigenvalue weighted by Gasteiger charge is -2.38. The van der Waals surface area contributed by atoms with E-state index < -0.39 is 0 Å². The molecule has 2 fully saturated rings. The molecule has 0 aromatic rings. The summed E-state index contributed by atoms with van der Waals surface area (Å²) in [5, 5.41) is 6.97. The maximum Gasteiger partial charge on any atom is 0.225 e. The average molecular weight is 394 g/mol. The summed E-state index contributed by atoms with van der Waals surface area (Å²) in [6, 6.07) is 0.777. The van der Waals surface area contributed by atoms with Gasteiger partial charge in [0.2, 0.25) is 5.91 Å². The van der Waals surface area contributed by atoms with Gasteiger partial charge < -0.3 is 15.5 Å². The number of carbonyl (C=O) groups is 1. The lowest BCUT2D eigenvalue weighted by molar-refractivity contribution is -0.133. The van der Waals surface area contributed by atoms with E-state index >= 15 is 0 Å². The third-order valence-electron chi connectivity index (χ3n) is 6.17. The van der Waals surface area contributed by atoms with Gasteiger partial charge in [0.1, 0.15) is 0 Å². The molecule has 28 heavy (non-hydrogen) atoms. The highest BCUT2D eigenvalue weighted by molar-refractivity contribution is 5.81. The fourth-order valence-corrected chi connectivity index (χ4v) is 4.25. The number of hydrogen-bond donors (Lipinski definition) is 2. The number of nitrogens with one attached hydrogen (secondary N) is 2. The van der Waals surface area contributed by atoms with Crippen molar-refractivity contribution in [3.05, 3.63) is 0 Å². The summed E-state index contributed by atoms with van der Waals surface area (Å²) in [6.07, 6.45) is 3.58. The summed E-state index contributed by atoms with van der Waals surface area (Å²) >= 11 is 0. The van der Waals surface area contributed by atoms with Crippen LogP contribution in [-0.4, -0.2) is 73.0 Å². The van der Waals surface area contributed by atoms with Gasteiger partial charge in [-0.15, -0.1) is 0 Å². The number of guanidine groups is 1. The van der Waals surface area contributed by atoms with Crippen molar-refractivity contribution in [2.75, 3.05) is 39.3 Å². The van der Waals surface area contributed by atoms with Crippen molar-refractivity contribution in [2.45, 2.75) is 72.9 Å². The third kappa shape index (κ3) is 6.64. The molecule has 2 unspecified atom stereocenters. The molecule has 2 atom stereocenters. The number of nitrogens with zero attached hydrogens (tertiary/aromatic N) is 3. The van der Waals surface area contributed by atoms with Crippen LogP contribution in [0.2, 0.25) is 0 Å². The number of aliphatic imine (C=N–C) groups is 1. The van der Waals surface area contributed by atoms with Crippen LogP contribution in [0.1, 0.15) is 60.8 Å². The minimum absolute atomic E-state index is 0.0692. The van der Waals surface area contributed by atoms with Gasteiger partial charge in [-0.05, 0) is 51.1 Å². The minimum Gasteiger partial charge on any atom is -0.357 e. The topological polar surface area (TPSA) is 60.0 Å². The van der Waals surface area contributed by atoms with Gasteiger partial charge in [0.25, 0.3) is 0 Å². The highest BCUT2D eigenvalue weighted by Gasteiger charge is 2.29. The predicted octanol–water partition coefficient (Wildman–Crippen LogP) is 2.55. The van der Waals surface area contributed by atoms with E-state index in [2.05, 4.69) is 43.2 Å².